The minimum absolute atomic E-state index is 0.0747. The Hall–Kier alpha value is -2.22. The van der Waals surface area contributed by atoms with Crippen LogP contribution in [0.4, 0.5) is 10.2 Å². The third-order valence-electron chi connectivity index (χ3n) is 5.11. The lowest BCUT2D eigenvalue weighted by Gasteiger charge is -2.37. The van der Waals surface area contributed by atoms with Gasteiger partial charge >= 0.3 is 0 Å². The van der Waals surface area contributed by atoms with Gasteiger partial charge in [-0.05, 0) is 12.5 Å². The number of amides is 1. The van der Waals surface area contributed by atoms with Crippen LogP contribution in [0, 0.1) is 5.92 Å². The largest absolute Gasteiger partial charge is 0.381 e. The number of alkyl halides is 1. The van der Waals surface area contributed by atoms with E-state index >= 15 is 4.39 Å². The molecule has 7 nitrogen and oxygen atoms in total. The zero-order chi connectivity index (χ0) is 17.3. The van der Waals surface area contributed by atoms with Crippen molar-refractivity contribution >= 4 is 17.4 Å². The Balaban J connectivity index is 1.32. The number of halogens is 1. The first kappa shape index (κ1) is 16.3. The Morgan fingerprint density at radius 1 is 1.40 bits per heavy atom. The van der Waals surface area contributed by atoms with E-state index in [1.54, 1.807) is 10.7 Å². The van der Waals surface area contributed by atoms with E-state index in [2.05, 4.69) is 20.3 Å². The first-order chi connectivity index (χ1) is 12.1. The molecule has 25 heavy (non-hydrogen) atoms. The molecular weight excluding hydrogens is 325 g/mol. The van der Waals surface area contributed by atoms with Gasteiger partial charge in [0, 0.05) is 44.8 Å². The lowest BCUT2D eigenvalue weighted by molar-refractivity contribution is -0.125. The number of hydrogen-bond acceptors (Lipinski definition) is 5. The zero-order valence-electron chi connectivity index (χ0n) is 14.0. The summed E-state index contributed by atoms with van der Waals surface area (Å²) in [5.41, 5.74) is -0.576. The van der Waals surface area contributed by atoms with E-state index in [0.717, 1.165) is 17.9 Å². The van der Waals surface area contributed by atoms with Crippen LogP contribution in [0.3, 0.4) is 0 Å². The Morgan fingerprint density at radius 2 is 2.24 bits per heavy atom. The van der Waals surface area contributed by atoms with Gasteiger partial charge in [-0.2, -0.15) is 5.10 Å². The molecule has 1 N–H and O–H groups in total. The molecule has 2 fully saturated rings. The molecule has 1 amide bonds. The topological polar surface area (TPSA) is 71.8 Å². The number of ether oxygens (including phenoxy) is 1. The summed E-state index contributed by atoms with van der Waals surface area (Å²) in [6.07, 6.45) is 5.04. The Labute approximate surface area is 145 Å². The molecule has 0 spiro atoms. The predicted octanol–water partition coefficient (Wildman–Crippen LogP) is 1.19. The van der Waals surface area contributed by atoms with Crippen molar-refractivity contribution in [3.8, 4) is 0 Å². The van der Waals surface area contributed by atoms with Crippen LogP contribution >= 0.6 is 0 Å². The van der Waals surface area contributed by atoms with Gasteiger partial charge in [0.05, 0.1) is 25.3 Å². The number of nitrogens with zero attached hydrogens (tertiary/aromatic N) is 4. The highest BCUT2D eigenvalue weighted by molar-refractivity contribution is 5.79. The van der Waals surface area contributed by atoms with E-state index in [9.17, 15) is 4.79 Å². The van der Waals surface area contributed by atoms with Crippen LogP contribution < -0.4 is 10.2 Å². The normalized spacial score (nSPS) is 23.1. The van der Waals surface area contributed by atoms with Crippen molar-refractivity contribution in [2.24, 2.45) is 5.92 Å². The highest BCUT2D eigenvalue weighted by Crippen LogP contribution is 2.28. The molecule has 0 aliphatic carbocycles. The van der Waals surface area contributed by atoms with Crippen molar-refractivity contribution in [1.82, 2.24) is 19.9 Å². The van der Waals surface area contributed by atoms with E-state index in [4.69, 9.17) is 4.74 Å². The second-order valence-electron chi connectivity index (χ2n) is 6.84. The smallest absolute Gasteiger partial charge is 0.225 e. The molecule has 2 aromatic rings. The van der Waals surface area contributed by atoms with Crippen molar-refractivity contribution in [3.05, 3.63) is 24.5 Å². The second-order valence-corrected chi connectivity index (χ2v) is 6.84. The van der Waals surface area contributed by atoms with Crippen LogP contribution in [0.2, 0.25) is 0 Å². The van der Waals surface area contributed by atoms with Crippen LogP contribution in [0.5, 0.6) is 0 Å². The maximum Gasteiger partial charge on any atom is 0.225 e. The van der Waals surface area contributed by atoms with E-state index in [1.165, 1.54) is 0 Å². The molecular formula is C17H22FN5O2. The summed E-state index contributed by atoms with van der Waals surface area (Å²) in [6.45, 7) is 2.29. The number of aromatic nitrogens is 3. The maximum atomic E-state index is 15.0. The summed E-state index contributed by atoms with van der Waals surface area (Å²) < 4.78 is 21.9. The Bertz CT molecular complexity index is 750. The van der Waals surface area contributed by atoms with Gasteiger partial charge in [-0.25, -0.2) is 13.9 Å². The lowest BCUT2D eigenvalue weighted by Crippen LogP contribution is -2.49. The lowest BCUT2D eigenvalue weighted by atomic mass is 9.93. The fourth-order valence-electron chi connectivity index (χ4n) is 3.42. The average molecular weight is 347 g/mol. The molecule has 4 rings (SSSR count). The van der Waals surface area contributed by atoms with Crippen molar-refractivity contribution in [2.75, 3.05) is 37.7 Å². The average Bonchev–Trinajstić information content (AvgIpc) is 3.31. The zero-order valence-corrected chi connectivity index (χ0v) is 14.0. The molecule has 134 valence electrons. The van der Waals surface area contributed by atoms with Gasteiger partial charge in [-0.15, -0.1) is 0 Å². The number of anilines is 1. The first-order valence-corrected chi connectivity index (χ1v) is 8.73. The highest BCUT2D eigenvalue weighted by atomic mass is 19.1. The summed E-state index contributed by atoms with van der Waals surface area (Å²) in [4.78, 5) is 18.7. The van der Waals surface area contributed by atoms with E-state index in [1.807, 2.05) is 18.3 Å². The van der Waals surface area contributed by atoms with E-state index in [0.29, 0.717) is 39.1 Å². The predicted molar refractivity (Wildman–Crippen MR) is 90.2 cm³/mol. The van der Waals surface area contributed by atoms with Crippen molar-refractivity contribution in [3.63, 3.8) is 0 Å². The van der Waals surface area contributed by atoms with Crippen LogP contribution in [0.25, 0.3) is 5.65 Å². The number of fused-ring (bicyclic) bond motifs is 1. The summed E-state index contributed by atoms with van der Waals surface area (Å²) in [6, 6.07) is 3.74. The Morgan fingerprint density at radius 3 is 3.00 bits per heavy atom. The number of carbonyl (C=O) groups excluding carboxylic acids is 1. The standard InChI is InChI=1S/C17H22FN5O2/c18-17(12-19-16(24)13-3-10-25-11-13)4-8-22(9-5-17)14-2-7-23-15(21-14)1-6-20-23/h1-2,6-7,13H,3-5,8-12H2,(H,19,24). The summed E-state index contributed by atoms with van der Waals surface area (Å²) in [5.74, 6) is 0.613. The highest BCUT2D eigenvalue weighted by Gasteiger charge is 2.36. The molecule has 4 heterocycles. The number of carbonyl (C=O) groups is 1. The summed E-state index contributed by atoms with van der Waals surface area (Å²) in [7, 11) is 0. The molecule has 0 saturated carbocycles. The van der Waals surface area contributed by atoms with Gasteiger partial charge in [-0.1, -0.05) is 0 Å². The molecule has 2 aliphatic rings. The number of piperidine rings is 1. The van der Waals surface area contributed by atoms with Crippen LogP contribution in [0.1, 0.15) is 19.3 Å². The Kier molecular flexibility index (Phi) is 4.29. The van der Waals surface area contributed by atoms with Crippen LogP contribution in [-0.4, -0.2) is 59.0 Å². The molecule has 0 aromatic carbocycles. The monoisotopic (exact) mass is 347 g/mol. The van der Waals surface area contributed by atoms with Crippen molar-refractivity contribution < 1.29 is 13.9 Å². The molecule has 1 unspecified atom stereocenters. The fourth-order valence-corrected chi connectivity index (χ4v) is 3.42. The molecule has 2 aromatic heterocycles. The van der Waals surface area contributed by atoms with Crippen molar-refractivity contribution in [1.29, 1.82) is 0 Å². The van der Waals surface area contributed by atoms with Gasteiger partial charge < -0.3 is 15.0 Å². The second kappa shape index (κ2) is 6.59. The van der Waals surface area contributed by atoms with Gasteiger partial charge in [0.15, 0.2) is 5.65 Å². The molecule has 1 atom stereocenters. The van der Waals surface area contributed by atoms with Gasteiger partial charge in [0.2, 0.25) is 5.91 Å². The van der Waals surface area contributed by atoms with E-state index < -0.39 is 5.67 Å². The minimum Gasteiger partial charge on any atom is -0.381 e. The van der Waals surface area contributed by atoms with Gasteiger partial charge in [0.1, 0.15) is 11.5 Å². The third-order valence-corrected chi connectivity index (χ3v) is 5.11. The number of rotatable bonds is 4. The minimum atomic E-state index is -1.35. The summed E-state index contributed by atoms with van der Waals surface area (Å²) in [5, 5.41) is 6.90. The van der Waals surface area contributed by atoms with Crippen LogP contribution in [0.15, 0.2) is 24.5 Å². The van der Waals surface area contributed by atoms with Crippen LogP contribution in [-0.2, 0) is 9.53 Å². The third kappa shape index (κ3) is 3.44. The molecule has 2 saturated heterocycles. The molecule has 2 aliphatic heterocycles. The van der Waals surface area contributed by atoms with Gasteiger partial charge in [-0.3, -0.25) is 4.79 Å². The molecule has 8 heteroatoms. The first-order valence-electron chi connectivity index (χ1n) is 8.73. The quantitative estimate of drug-likeness (QED) is 0.900. The number of hydrogen-bond donors (Lipinski definition) is 1. The fraction of sp³-hybridized carbons (Fsp3) is 0.588. The number of nitrogens with one attached hydrogen (secondary N) is 1. The SMILES string of the molecule is O=C(NCC1(F)CCN(c2ccn3nccc3n2)CC1)C1CCOC1. The summed E-state index contributed by atoms with van der Waals surface area (Å²) >= 11 is 0. The molecule has 0 radical (unpaired) electrons. The van der Waals surface area contributed by atoms with Crippen molar-refractivity contribution in [2.45, 2.75) is 24.9 Å². The van der Waals surface area contributed by atoms with E-state index in [-0.39, 0.29) is 18.4 Å². The maximum absolute atomic E-state index is 15.0. The van der Waals surface area contributed by atoms with Gasteiger partial charge in [0.25, 0.3) is 0 Å². The molecule has 0 bridgehead atoms.